The minimum atomic E-state index is 0.265. The van der Waals surface area contributed by atoms with Crippen molar-refractivity contribution in [3.05, 3.63) is 69.8 Å². The van der Waals surface area contributed by atoms with Crippen molar-refractivity contribution in [3.63, 3.8) is 0 Å². The fourth-order valence-electron chi connectivity index (χ4n) is 3.07. The molecule has 1 N–H and O–H groups in total. The van der Waals surface area contributed by atoms with Crippen molar-refractivity contribution in [1.29, 1.82) is 0 Å². The molecule has 0 aromatic heterocycles. The molecule has 2 rings (SSSR count). The van der Waals surface area contributed by atoms with Gasteiger partial charge >= 0.3 is 0 Å². The highest BCUT2D eigenvalue weighted by atomic mass is 14.9. The van der Waals surface area contributed by atoms with E-state index in [2.05, 4.69) is 69.4 Å². The maximum absolute atomic E-state index is 3.49. The summed E-state index contributed by atoms with van der Waals surface area (Å²) in [5.41, 5.74) is 8.34. The molecule has 0 aliphatic rings. The Kier molecular flexibility index (Phi) is 5.19. The minimum Gasteiger partial charge on any atom is -0.309 e. The van der Waals surface area contributed by atoms with E-state index in [0.717, 1.165) is 12.8 Å². The topological polar surface area (TPSA) is 12.0 Å². The molecule has 0 fully saturated rings. The number of hydrogen-bond donors (Lipinski definition) is 1. The first-order valence-corrected chi connectivity index (χ1v) is 7.96. The van der Waals surface area contributed by atoms with Crippen molar-refractivity contribution in [2.24, 2.45) is 0 Å². The summed E-state index contributed by atoms with van der Waals surface area (Å²) in [6, 6.07) is 13.9. The molecule has 1 nitrogen and oxygen atoms in total. The predicted molar refractivity (Wildman–Crippen MR) is 92.0 cm³/mol. The summed E-state index contributed by atoms with van der Waals surface area (Å²) < 4.78 is 0. The van der Waals surface area contributed by atoms with Gasteiger partial charge in [-0.3, -0.25) is 0 Å². The van der Waals surface area contributed by atoms with E-state index in [9.17, 15) is 0 Å². The molecule has 2 aromatic carbocycles. The minimum absolute atomic E-state index is 0.265. The van der Waals surface area contributed by atoms with Gasteiger partial charge in [0.15, 0.2) is 0 Å². The Hall–Kier alpha value is -1.60. The first kappa shape index (κ1) is 15.8. The molecule has 112 valence electrons. The van der Waals surface area contributed by atoms with Crippen LogP contribution >= 0.6 is 0 Å². The van der Waals surface area contributed by atoms with Gasteiger partial charge in [-0.2, -0.15) is 0 Å². The van der Waals surface area contributed by atoms with Gasteiger partial charge in [0.25, 0.3) is 0 Å². The zero-order valence-electron chi connectivity index (χ0n) is 14.0. The lowest BCUT2D eigenvalue weighted by Gasteiger charge is -2.21. The van der Waals surface area contributed by atoms with Crippen molar-refractivity contribution in [3.8, 4) is 0 Å². The smallest absolute Gasteiger partial charge is 0.0577 e. The van der Waals surface area contributed by atoms with E-state index < -0.39 is 0 Å². The van der Waals surface area contributed by atoms with Crippen LogP contribution in [0.3, 0.4) is 0 Å². The molecule has 1 atom stereocenters. The number of nitrogens with one attached hydrogen (secondary N) is 1. The highest BCUT2D eigenvalue weighted by Gasteiger charge is 2.15. The molecule has 0 bridgehead atoms. The SMILES string of the molecule is CCc1ccc(C(NC)c2cc(C)ccc2C)cc1CC. The fraction of sp³-hybridized carbons (Fsp3) is 0.400. The Labute approximate surface area is 129 Å². The van der Waals surface area contributed by atoms with E-state index in [1.807, 2.05) is 7.05 Å². The molecule has 0 aliphatic carbocycles. The first-order valence-electron chi connectivity index (χ1n) is 7.96. The van der Waals surface area contributed by atoms with E-state index in [-0.39, 0.29) is 6.04 Å². The highest BCUT2D eigenvalue weighted by Crippen LogP contribution is 2.27. The normalized spacial score (nSPS) is 12.4. The number of hydrogen-bond acceptors (Lipinski definition) is 1. The molecule has 2 aromatic rings. The lowest BCUT2D eigenvalue weighted by atomic mass is 9.90. The van der Waals surface area contributed by atoms with Crippen LogP contribution < -0.4 is 5.32 Å². The monoisotopic (exact) mass is 281 g/mol. The van der Waals surface area contributed by atoms with Crippen LogP contribution in [0.4, 0.5) is 0 Å². The lowest BCUT2D eigenvalue weighted by molar-refractivity contribution is 0.685. The molecule has 1 heteroatoms. The summed E-state index contributed by atoms with van der Waals surface area (Å²) in [6.45, 7) is 8.83. The zero-order valence-corrected chi connectivity index (χ0v) is 14.0. The summed E-state index contributed by atoms with van der Waals surface area (Å²) in [5, 5.41) is 3.49. The molecule has 0 aliphatic heterocycles. The Morgan fingerprint density at radius 2 is 1.62 bits per heavy atom. The van der Waals surface area contributed by atoms with Crippen LogP contribution in [0.2, 0.25) is 0 Å². The number of rotatable bonds is 5. The largest absolute Gasteiger partial charge is 0.309 e. The maximum Gasteiger partial charge on any atom is 0.0577 e. The van der Waals surface area contributed by atoms with E-state index in [1.54, 1.807) is 0 Å². The van der Waals surface area contributed by atoms with Crippen LogP contribution in [0.15, 0.2) is 36.4 Å². The average Bonchev–Trinajstić information content (AvgIpc) is 2.51. The molecule has 1 unspecified atom stereocenters. The molecule has 0 amide bonds. The van der Waals surface area contributed by atoms with Gasteiger partial charge in [0, 0.05) is 0 Å². The molecule has 0 spiro atoms. The summed E-state index contributed by atoms with van der Waals surface area (Å²) in [4.78, 5) is 0. The van der Waals surface area contributed by atoms with Crippen LogP contribution in [0.5, 0.6) is 0 Å². The summed E-state index contributed by atoms with van der Waals surface area (Å²) >= 11 is 0. The second-order valence-electron chi connectivity index (χ2n) is 5.82. The van der Waals surface area contributed by atoms with E-state index in [0.29, 0.717) is 0 Å². The maximum atomic E-state index is 3.49. The van der Waals surface area contributed by atoms with Gasteiger partial charge in [0.2, 0.25) is 0 Å². The van der Waals surface area contributed by atoms with Crippen LogP contribution in [0, 0.1) is 13.8 Å². The van der Waals surface area contributed by atoms with E-state index in [4.69, 9.17) is 0 Å². The number of benzene rings is 2. The van der Waals surface area contributed by atoms with Gasteiger partial charge in [-0.05, 0) is 61.6 Å². The van der Waals surface area contributed by atoms with Crippen LogP contribution in [-0.4, -0.2) is 7.05 Å². The van der Waals surface area contributed by atoms with Gasteiger partial charge in [-0.25, -0.2) is 0 Å². The van der Waals surface area contributed by atoms with Crippen molar-refractivity contribution in [1.82, 2.24) is 5.32 Å². The molecular formula is C20H27N. The van der Waals surface area contributed by atoms with Gasteiger partial charge in [0.1, 0.15) is 0 Å². The van der Waals surface area contributed by atoms with E-state index in [1.165, 1.54) is 33.4 Å². The molecule has 0 saturated heterocycles. The Bertz CT molecular complexity index is 613. The molecule has 0 heterocycles. The zero-order chi connectivity index (χ0) is 15.4. The van der Waals surface area contributed by atoms with E-state index >= 15 is 0 Å². The van der Waals surface area contributed by atoms with Crippen LogP contribution in [0.1, 0.15) is 53.3 Å². The molecule has 21 heavy (non-hydrogen) atoms. The second-order valence-corrected chi connectivity index (χ2v) is 5.82. The number of aryl methyl sites for hydroxylation is 4. The third-order valence-corrected chi connectivity index (χ3v) is 4.36. The van der Waals surface area contributed by atoms with Crippen molar-refractivity contribution in [2.45, 2.75) is 46.6 Å². The van der Waals surface area contributed by atoms with Crippen LogP contribution in [-0.2, 0) is 12.8 Å². The molecular weight excluding hydrogens is 254 g/mol. The summed E-state index contributed by atoms with van der Waals surface area (Å²) in [6.07, 6.45) is 2.21. The van der Waals surface area contributed by atoms with Crippen molar-refractivity contribution < 1.29 is 0 Å². The average molecular weight is 281 g/mol. The summed E-state index contributed by atoms with van der Waals surface area (Å²) in [7, 11) is 2.05. The lowest BCUT2D eigenvalue weighted by Crippen LogP contribution is -2.19. The Morgan fingerprint density at radius 3 is 2.24 bits per heavy atom. The highest BCUT2D eigenvalue weighted by molar-refractivity contribution is 5.42. The van der Waals surface area contributed by atoms with Gasteiger partial charge in [-0.15, -0.1) is 0 Å². The standard InChI is InChI=1S/C20H27N/c1-6-16-10-11-18(13-17(16)7-2)20(21-5)19-12-14(3)8-9-15(19)4/h8-13,20-21H,6-7H2,1-5H3. The van der Waals surface area contributed by atoms with Gasteiger partial charge in [-0.1, -0.05) is 55.8 Å². The quantitative estimate of drug-likeness (QED) is 0.835. The Morgan fingerprint density at radius 1 is 0.905 bits per heavy atom. The summed E-state index contributed by atoms with van der Waals surface area (Å²) in [5.74, 6) is 0. The van der Waals surface area contributed by atoms with Crippen molar-refractivity contribution >= 4 is 0 Å². The van der Waals surface area contributed by atoms with Gasteiger partial charge < -0.3 is 5.32 Å². The second kappa shape index (κ2) is 6.91. The Balaban J connectivity index is 2.48. The first-order chi connectivity index (χ1) is 10.1. The molecule has 0 radical (unpaired) electrons. The fourth-order valence-corrected chi connectivity index (χ4v) is 3.07. The third kappa shape index (κ3) is 3.36. The molecule has 0 saturated carbocycles. The predicted octanol–water partition coefficient (Wildman–Crippen LogP) is 4.74. The van der Waals surface area contributed by atoms with Crippen LogP contribution in [0.25, 0.3) is 0 Å². The van der Waals surface area contributed by atoms with Crippen molar-refractivity contribution in [2.75, 3.05) is 7.05 Å². The van der Waals surface area contributed by atoms with Gasteiger partial charge in [0.05, 0.1) is 6.04 Å². The third-order valence-electron chi connectivity index (χ3n) is 4.36.